The average Bonchev–Trinajstić information content (AvgIpc) is 3.12. The van der Waals surface area contributed by atoms with E-state index in [1.165, 1.54) is 22.2 Å². The molecular formula is C21H26BrN5S. The highest BCUT2D eigenvalue weighted by molar-refractivity contribution is 9.10. The van der Waals surface area contributed by atoms with E-state index >= 15 is 0 Å². The summed E-state index contributed by atoms with van der Waals surface area (Å²) < 4.78 is 1.18. The van der Waals surface area contributed by atoms with Crippen molar-refractivity contribution in [3.63, 3.8) is 0 Å². The molecule has 4 rings (SSSR count). The quantitative estimate of drug-likeness (QED) is 0.540. The van der Waals surface area contributed by atoms with Gasteiger partial charge in [0.15, 0.2) is 0 Å². The van der Waals surface area contributed by atoms with E-state index in [1.54, 1.807) is 11.3 Å². The number of nitrogens with one attached hydrogen (secondary N) is 2. The number of hydrogen-bond acceptors (Lipinski definition) is 6. The molecule has 0 saturated heterocycles. The summed E-state index contributed by atoms with van der Waals surface area (Å²) in [6, 6.07) is 11.4. The molecule has 0 unspecified atom stereocenters. The van der Waals surface area contributed by atoms with Crippen molar-refractivity contribution in [2.75, 3.05) is 24.3 Å². The molecule has 5 nitrogen and oxygen atoms in total. The van der Waals surface area contributed by atoms with Crippen molar-refractivity contribution < 1.29 is 0 Å². The third-order valence-electron chi connectivity index (χ3n) is 5.25. The zero-order valence-corrected chi connectivity index (χ0v) is 18.7. The number of nitrogens with zero attached hydrogens (tertiary/aromatic N) is 3. The van der Waals surface area contributed by atoms with Crippen LogP contribution >= 0.6 is 27.3 Å². The van der Waals surface area contributed by atoms with Crippen molar-refractivity contribution in [1.29, 1.82) is 0 Å². The molecule has 2 heterocycles. The van der Waals surface area contributed by atoms with E-state index in [9.17, 15) is 0 Å². The highest BCUT2D eigenvalue weighted by Gasteiger charge is 2.22. The van der Waals surface area contributed by atoms with Crippen molar-refractivity contribution in [3.8, 4) is 0 Å². The smallest absolute Gasteiger partial charge is 0.225 e. The minimum absolute atomic E-state index is 0.435. The number of hydrogen-bond donors (Lipinski definition) is 2. The third kappa shape index (κ3) is 4.64. The monoisotopic (exact) mass is 459 g/mol. The lowest BCUT2D eigenvalue weighted by Gasteiger charge is -2.30. The predicted octanol–water partition coefficient (Wildman–Crippen LogP) is 5.03. The Morgan fingerprint density at radius 1 is 1.11 bits per heavy atom. The SMILES string of the molecule is CN(C)c1nc(N[C@H]2CC[C@@H](NCc3cc(Br)cs3)CC2)nc2ccccc12. The maximum Gasteiger partial charge on any atom is 0.225 e. The molecule has 0 amide bonds. The Kier molecular flexibility index (Phi) is 6.13. The van der Waals surface area contributed by atoms with Gasteiger partial charge in [0.2, 0.25) is 5.95 Å². The Morgan fingerprint density at radius 3 is 2.57 bits per heavy atom. The first-order chi connectivity index (χ1) is 13.6. The number of halogens is 1. The van der Waals surface area contributed by atoms with Crippen LogP contribution in [0.15, 0.2) is 40.2 Å². The van der Waals surface area contributed by atoms with Gasteiger partial charge < -0.3 is 15.5 Å². The number of aromatic nitrogens is 2. The van der Waals surface area contributed by atoms with Gasteiger partial charge in [0.25, 0.3) is 0 Å². The second-order valence-electron chi connectivity index (χ2n) is 7.59. The van der Waals surface area contributed by atoms with Gasteiger partial charge in [-0.15, -0.1) is 11.3 Å². The van der Waals surface area contributed by atoms with Gasteiger partial charge in [-0.2, -0.15) is 4.98 Å². The average molecular weight is 460 g/mol. The predicted molar refractivity (Wildman–Crippen MR) is 122 cm³/mol. The molecule has 1 saturated carbocycles. The molecule has 3 aromatic rings. The number of rotatable bonds is 6. The van der Waals surface area contributed by atoms with Crippen LogP contribution < -0.4 is 15.5 Å². The van der Waals surface area contributed by atoms with Gasteiger partial charge in [-0.1, -0.05) is 12.1 Å². The summed E-state index contributed by atoms with van der Waals surface area (Å²) in [5.74, 6) is 1.70. The fourth-order valence-corrected chi connectivity index (χ4v) is 5.18. The molecular weight excluding hydrogens is 434 g/mol. The Bertz CT molecular complexity index is 933. The molecule has 0 atom stereocenters. The number of benzene rings is 1. The highest BCUT2D eigenvalue weighted by Crippen LogP contribution is 2.27. The minimum Gasteiger partial charge on any atom is -0.362 e. The first-order valence-electron chi connectivity index (χ1n) is 9.75. The molecule has 28 heavy (non-hydrogen) atoms. The van der Waals surface area contributed by atoms with E-state index in [2.05, 4.69) is 55.0 Å². The van der Waals surface area contributed by atoms with Gasteiger partial charge in [-0.25, -0.2) is 4.98 Å². The summed E-state index contributed by atoms with van der Waals surface area (Å²) in [5.41, 5.74) is 0.987. The van der Waals surface area contributed by atoms with Crippen LogP contribution in [0.5, 0.6) is 0 Å². The topological polar surface area (TPSA) is 53.1 Å². The van der Waals surface area contributed by atoms with Gasteiger partial charge >= 0.3 is 0 Å². The summed E-state index contributed by atoms with van der Waals surface area (Å²) in [7, 11) is 4.06. The molecule has 0 radical (unpaired) electrons. The van der Waals surface area contributed by atoms with Crippen molar-refractivity contribution in [1.82, 2.24) is 15.3 Å². The summed E-state index contributed by atoms with van der Waals surface area (Å²) in [5, 5.41) is 10.5. The molecule has 0 spiro atoms. The Hall–Kier alpha value is -1.70. The number of anilines is 2. The third-order valence-corrected chi connectivity index (χ3v) is 6.95. The standard InChI is InChI=1S/C21H26BrN5S/c1-27(2)20-18-5-3-4-6-19(18)25-21(26-20)24-16-9-7-15(8-10-16)23-12-17-11-14(22)13-28-17/h3-6,11,13,15-16,23H,7-10,12H2,1-2H3,(H,24,25,26)/t15-,16+. The first kappa shape index (κ1) is 19.6. The van der Waals surface area contributed by atoms with Crippen LogP contribution in [0, 0.1) is 0 Å². The molecule has 0 aliphatic heterocycles. The van der Waals surface area contributed by atoms with E-state index in [4.69, 9.17) is 9.97 Å². The van der Waals surface area contributed by atoms with Gasteiger partial charge in [-0.05, 0) is 59.8 Å². The minimum atomic E-state index is 0.435. The second kappa shape index (κ2) is 8.76. The van der Waals surface area contributed by atoms with E-state index < -0.39 is 0 Å². The zero-order chi connectivity index (χ0) is 19.5. The van der Waals surface area contributed by atoms with Gasteiger partial charge in [0.1, 0.15) is 5.82 Å². The van der Waals surface area contributed by atoms with Crippen LogP contribution in [0.3, 0.4) is 0 Å². The van der Waals surface area contributed by atoms with Gasteiger partial charge in [0.05, 0.1) is 5.52 Å². The molecule has 1 aromatic carbocycles. The lowest BCUT2D eigenvalue weighted by molar-refractivity contribution is 0.353. The summed E-state index contributed by atoms with van der Waals surface area (Å²) in [6.07, 6.45) is 4.63. The Morgan fingerprint density at radius 2 is 1.86 bits per heavy atom. The summed E-state index contributed by atoms with van der Waals surface area (Å²) in [6.45, 7) is 0.957. The molecule has 1 aliphatic carbocycles. The Balaban J connectivity index is 1.35. The molecule has 1 aliphatic rings. The summed E-state index contributed by atoms with van der Waals surface area (Å²) in [4.78, 5) is 13.0. The summed E-state index contributed by atoms with van der Waals surface area (Å²) >= 11 is 5.33. The van der Waals surface area contributed by atoms with E-state index in [0.29, 0.717) is 12.1 Å². The largest absolute Gasteiger partial charge is 0.362 e. The van der Waals surface area contributed by atoms with E-state index in [1.807, 2.05) is 26.2 Å². The van der Waals surface area contributed by atoms with Crippen LogP contribution in [0.25, 0.3) is 10.9 Å². The fourth-order valence-electron chi connectivity index (χ4n) is 3.78. The zero-order valence-electron chi connectivity index (χ0n) is 16.3. The lowest BCUT2D eigenvalue weighted by Crippen LogP contribution is -2.36. The van der Waals surface area contributed by atoms with Crippen molar-refractivity contribution in [3.05, 3.63) is 45.1 Å². The lowest BCUT2D eigenvalue weighted by atomic mass is 9.91. The highest BCUT2D eigenvalue weighted by atomic mass is 79.9. The molecule has 1 fully saturated rings. The molecule has 2 aromatic heterocycles. The first-order valence-corrected chi connectivity index (χ1v) is 11.4. The maximum atomic E-state index is 4.78. The molecule has 0 bridgehead atoms. The number of fused-ring (bicyclic) bond motifs is 1. The van der Waals surface area contributed by atoms with Crippen molar-refractivity contribution >= 4 is 49.9 Å². The normalized spacial score (nSPS) is 19.7. The van der Waals surface area contributed by atoms with Crippen LogP contribution in [-0.2, 0) is 6.54 Å². The van der Waals surface area contributed by atoms with Crippen LogP contribution in [0.1, 0.15) is 30.6 Å². The van der Waals surface area contributed by atoms with Crippen molar-refractivity contribution in [2.24, 2.45) is 0 Å². The molecule has 148 valence electrons. The van der Waals surface area contributed by atoms with Gasteiger partial charge in [0, 0.05) is 52.8 Å². The van der Waals surface area contributed by atoms with Crippen LogP contribution in [0.2, 0.25) is 0 Å². The van der Waals surface area contributed by atoms with Crippen molar-refractivity contribution in [2.45, 2.75) is 44.3 Å². The molecule has 2 N–H and O–H groups in total. The van der Waals surface area contributed by atoms with E-state index in [0.717, 1.165) is 42.1 Å². The van der Waals surface area contributed by atoms with Gasteiger partial charge in [-0.3, -0.25) is 0 Å². The van der Waals surface area contributed by atoms with Crippen LogP contribution in [0.4, 0.5) is 11.8 Å². The maximum absolute atomic E-state index is 4.78. The number of thiophene rings is 1. The van der Waals surface area contributed by atoms with E-state index in [-0.39, 0.29) is 0 Å². The van der Waals surface area contributed by atoms with Crippen LogP contribution in [-0.4, -0.2) is 36.1 Å². The number of para-hydroxylation sites is 1. The fraction of sp³-hybridized carbons (Fsp3) is 0.429. The molecule has 7 heteroatoms. The second-order valence-corrected chi connectivity index (χ2v) is 9.50. The Labute approximate surface area is 178 Å².